The highest BCUT2D eigenvalue weighted by Crippen LogP contribution is 2.14. The predicted octanol–water partition coefficient (Wildman–Crippen LogP) is 2.36. The maximum absolute atomic E-state index is 12.3. The first-order chi connectivity index (χ1) is 10.2. The van der Waals surface area contributed by atoms with Gasteiger partial charge in [-0.05, 0) is 18.4 Å². The summed E-state index contributed by atoms with van der Waals surface area (Å²) in [6, 6.07) is 11.4. The van der Waals surface area contributed by atoms with Crippen LogP contribution in [0.4, 0.5) is 0 Å². The number of imidazole rings is 1. The van der Waals surface area contributed by atoms with Gasteiger partial charge in [0.25, 0.3) is 0 Å². The maximum atomic E-state index is 12.3. The molecule has 0 radical (unpaired) electrons. The average Bonchev–Trinajstić information content (AvgIpc) is 3.05. The highest BCUT2D eigenvalue weighted by Gasteiger charge is 2.22. The molecule has 0 aliphatic rings. The van der Waals surface area contributed by atoms with E-state index in [1.807, 2.05) is 37.3 Å². The van der Waals surface area contributed by atoms with Crippen molar-refractivity contribution in [2.45, 2.75) is 25.8 Å². The largest absolute Gasteiger partial charge is 0.347 e. The number of hydrogen-bond acceptors (Lipinski definition) is 3. The summed E-state index contributed by atoms with van der Waals surface area (Å²) >= 11 is 0. The zero-order valence-electron chi connectivity index (χ0n) is 11.9. The summed E-state index contributed by atoms with van der Waals surface area (Å²) in [5, 5.41) is 12.1. The summed E-state index contributed by atoms with van der Waals surface area (Å²) in [6.07, 6.45) is 4.49. The number of carbonyl (C=O) groups is 1. The molecule has 2 atom stereocenters. The van der Waals surface area contributed by atoms with Crippen molar-refractivity contribution in [3.05, 3.63) is 54.1 Å². The Morgan fingerprint density at radius 3 is 2.76 bits per heavy atom. The third kappa shape index (κ3) is 3.93. The topological polar surface area (TPSA) is 81.6 Å². The lowest BCUT2D eigenvalue weighted by atomic mass is 9.99. The highest BCUT2D eigenvalue weighted by molar-refractivity contribution is 5.81. The summed E-state index contributed by atoms with van der Waals surface area (Å²) in [4.78, 5) is 19.4. The molecular weight excluding hydrogens is 264 g/mol. The number of rotatable bonds is 6. The smallest absolute Gasteiger partial charge is 0.238 e. The Balaban J connectivity index is 2.02. The average molecular weight is 282 g/mol. The van der Waals surface area contributed by atoms with Gasteiger partial charge in [0.05, 0.1) is 12.1 Å². The minimum atomic E-state index is -0.698. The number of benzene rings is 1. The van der Waals surface area contributed by atoms with Crippen molar-refractivity contribution in [3.8, 4) is 6.07 Å². The lowest BCUT2D eigenvalue weighted by Gasteiger charge is -2.17. The first kappa shape index (κ1) is 14.8. The van der Waals surface area contributed by atoms with E-state index in [9.17, 15) is 10.1 Å². The second-order valence-electron chi connectivity index (χ2n) is 4.82. The second-order valence-corrected chi connectivity index (χ2v) is 4.82. The zero-order valence-corrected chi connectivity index (χ0v) is 11.9. The quantitative estimate of drug-likeness (QED) is 0.853. The summed E-state index contributed by atoms with van der Waals surface area (Å²) in [5.41, 5.74) is 0.977. The third-order valence-electron chi connectivity index (χ3n) is 3.33. The summed E-state index contributed by atoms with van der Waals surface area (Å²) in [7, 11) is 0. The molecular formula is C16H18N4O. The van der Waals surface area contributed by atoms with E-state index in [1.54, 1.807) is 12.4 Å². The molecule has 5 nitrogen and oxygen atoms in total. The van der Waals surface area contributed by atoms with E-state index >= 15 is 0 Å². The predicted molar refractivity (Wildman–Crippen MR) is 79.0 cm³/mol. The van der Waals surface area contributed by atoms with Gasteiger partial charge in [-0.3, -0.25) is 4.79 Å². The molecule has 2 unspecified atom stereocenters. The van der Waals surface area contributed by atoms with Crippen LogP contribution in [0.1, 0.15) is 30.8 Å². The van der Waals surface area contributed by atoms with Gasteiger partial charge in [0.2, 0.25) is 5.91 Å². The first-order valence-corrected chi connectivity index (χ1v) is 6.97. The Kier molecular flexibility index (Phi) is 5.10. The summed E-state index contributed by atoms with van der Waals surface area (Å²) in [5.74, 6) is -0.247. The van der Waals surface area contributed by atoms with Gasteiger partial charge in [-0.25, -0.2) is 4.98 Å². The number of nitrogens with zero attached hydrogens (tertiary/aromatic N) is 2. The van der Waals surface area contributed by atoms with Crippen LogP contribution in [0.25, 0.3) is 0 Å². The standard InChI is InChI=1S/C16H18N4O/c1-2-14(15-18-8-9-19-15)20-16(21)13(11-17)10-12-6-4-3-5-7-12/h3-9,13-14H,2,10H2,1H3,(H,18,19)(H,20,21). The van der Waals surface area contributed by atoms with Crippen LogP contribution in [-0.4, -0.2) is 15.9 Å². The van der Waals surface area contributed by atoms with Crippen LogP contribution in [0, 0.1) is 17.2 Å². The molecule has 0 saturated heterocycles. The molecule has 21 heavy (non-hydrogen) atoms. The van der Waals surface area contributed by atoms with Crippen LogP contribution >= 0.6 is 0 Å². The van der Waals surface area contributed by atoms with Gasteiger partial charge in [0.15, 0.2) is 0 Å². The first-order valence-electron chi connectivity index (χ1n) is 6.97. The minimum absolute atomic E-state index is 0.195. The van der Waals surface area contributed by atoms with Crippen LogP contribution < -0.4 is 5.32 Å². The Bertz CT molecular complexity index is 601. The van der Waals surface area contributed by atoms with Crippen molar-refractivity contribution in [2.24, 2.45) is 5.92 Å². The zero-order chi connectivity index (χ0) is 15.1. The van der Waals surface area contributed by atoms with Crippen LogP contribution in [-0.2, 0) is 11.2 Å². The molecule has 0 aliphatic carbocycles. The molecule has 0 spiro atoms. The van der Waals surface area contributed by atoms with Crippen LogP contribution in [0.5, 0.6) is 0 Å². The van der Waals surface area contributed by atoms with Crippen molar-refractivity contribution in [1.29, 1.82) is 5.26 Å². The van der Waals surface area contributed by atoms with Crippen molar-refractivity contribution in [2.75, 3.05) is 0 Å². The van der Waals surface area contributed by atoms with Crippen LogP contribution in [0.3, 0.4) is 0 Å². The van der Waals surface area contributed by atoms with Gasteiger partial charge in [-0.2, -0.15) is 5.26 Å². The number of aromatic amines is 1. The van der Waals surface area contributed by atoms with Gasteiger partial charge in [0.1, 0.15) is 11.7 Å². The van der Waals surface area contributed by atoms with Crippen molar-refractivity contribution in [3.63, 3.8) is 0 Å². The molecule has 0 bridgehead atoms. The molecule has 2 rings (SSSR count). The fraction of sp³-hybridized carbons (Fsp3) is 0.312. The summed E-state index contributed by atoms with van der Waals surface area (Å²) in [6.45, 7) is 1.96. The van der Waals surface area contributed by atoms with Gasteiger partial charge < -0.3 is 10.3 Å². The number of nitrogens with one attached hydrogen (secondary N) is 2. The number of amides is 1. The van der Waals surface area contributed by atoms with E-state index in [4.69, 9.17) is 0 Å². The minimum Gasteiger partial charge on any atom is -0.347 e. The molecule has 0 saturated carbocycles. The van der Waals surface area contributed by atoms with E-state index in [2.05, 4.69) is 21.4 Å². The Labute approximate surface area is 124 Å². The number of nitriles is 1. The number of carbonyl (C=O) groups excluding carboxylic acids is 1. The molecule has 1 aromatic heterocycles. The second kappa shape index (κ2) is 7.25. The van der Waals surface area contributed by atoms with E-state index in [0.717, 1.165) is 5.56 Å². The SMILES string of the molecule is CCC(NC(=O)C(C#N)Cc1ccccc1)c1ncc[nH]1. The fourth-order valence-electron chi connectivity index (χ4n) is 2.15. The number of aromatic nitrogens is 2. The highest BCUT2D eigenvalue weighted by atomic mass is 16.1. The van der Waals surface area contributed by atoms with E-state index in [-0.39, 0.29) is 11.9 Å². The Morgan fingerprint density at radius 1 is 1.43 bits per heavy atom. The number of hydrogen-bond donors (Lipinski definition) is 2. The monoisotopic (exact) mass is 282 g/mol. The third-order valence-corrected chi connectivity index (χ3v) is 3.33. The van der Waals surface area contributed by atoms with Crippen molar-refractivity contribution in [1.82, 2.24) is 15.3 Å². The Hall–Kier alpha value is -2.61. The van der Waals surface area contributed by atoms with Crippen molar-refractivity contribution < 1.29 is 4.79 Å². The van der Waals surface area contributed by atoms with Gasteiger partial charge >= 0.3 is 0 Å². The molecule has 0 fully saturated rings. The van der Waals surface area contributed by atoms with Crippen LogP contribution in [0.15, 0.2) is 42.7 Å². The normalized spacial score (nSPS) is 13.1. The van der Waals surface area contributed by atoms with Gasteiger partial charge in [-0.1, -0.05) is 37.3 Å². The van der Waals surface area contributed by atoms with E-state index in [1.165, 1.54) is 0 Å². The van der Waals surface area contributed by atoms with E-state index in [0.29, 0.717) is 18.7 Å². The number of H-pyrrole nitrogens is 1. The fourth-order valence-corrected chi connectivity index (χ4v) is 2.15. The van der Waals surface area contributed by atoms with E-state index < -0.39 is 5.92 Å². The molecule has 1 heterocycles. The van der Waals surface area contributed by atoms with Crippen molar-refractivity contribution >= 4 is 5.91 Å². The lowest BCUT2D eigenvalue weighted by Crippen LogP contribution is -2.34. The molecule has 1 amide bonds. The molecule has 2 N–H and O–H groups in total. The molecule has 1 aromatic carbocycles. The summed E-state index contributed by atoms with van der Waals surface area (Å²) < 4.78 is 0. The van der Waals surface area contributed by atoms with Gasteiger partial charge in [-0.15, -0.1) is 0 Å². The Morgan fingerprint density at radius 2 is 2.19 bits per heavy atom. The molecule has 0 aliphatic heterocycles. The van der Waals surface area contributed by atoms with Gasteiger partial charge in [0, 0.05) is 12.4 Å². The molecule has 108 valence electrons. The molecule has 2 aromatic rings. The lowest BCUT2D eigenvalue weighted by molar-refractivity contribution is -0.124. The van der Waals surface area contributed by atoms with Crippen LogP contribution in [0.2, 0.25) is 0 Å². The maximum Gasteiger partial charge on any atom is 0.238 e. The molecule has 5 heteroatoms.